The predicted molar refractivity (Wildman–Crippen MR) is 111 cm³/mol. The number of halogens is 1. The highest BCUT2D eigenvalue weighted by molar-refractivity contribution is 9.10. The zero-order valence-electron chi connectivity index (χ0n) is 15.2. The molecular formula is C21H22BrN3O. The fourth-order valence-electron chi connectivity index (χ4n) is 2.87. The Labute approximate surface area is 162 Å². The first kappa shape index (κ1) is 18.5. The Morgan fingerprint density at radius 1 is 1.19 bits per heavy atom. The number of hydrogen-bond donors (Lipinski definition) is 1. The summed E-state index contributed by atoms with van der Waals surface area (Å²) in [7, 11) is 4.14. The van der Waals surface area contributed by atoms with Crippen LogP contribution >= 0.6 is 15.9 Å². The average Bonchev–Trinajstić information content (AvgIpc) is 2.60. The maximum atomic E-state index is 12.1. The molecule has 5 heteroatoms. The number of fused-ring (bicyclic) bond motifs is 1. The molecule has 0 saturated heterocycles. The second kappa shape index (κ2) is 7.98. The summed E-state index contributed by atoms with van der Waals surface area (Å²) in [6, 6.07) is 14.2. The molecule has 4 nitrogen and oxygen atoms in total. The Morgan fingerprint density at radius 2 is 2.00 bits per heavy atom. The van der Waals surface area contributed by atoms with Crippen LogP contribution in [0.3, 0.4) is 0 Å². The fraction of sp³-hybridized carbons (Fsp3) is 0.238. The number of benzene rings is 2. The molecule has 1 aromatic heterocycles. The van der Waals surface area contributed by atoms with E-state index in [1.165, 1.54) is 5.56 Å². The smallest absolute Gasteiger partial charge is 0.163 e. The van der Waals surface area contributed by atoms with Crippen LogP contribution in [0.15, 0.2) is 53.1 Å². The Bertz CT molecular complexity index is 953. The van der Waals surface area contributed by atoms with Crippen molar-refractivity contribution in [3.8, 4) is 0 Å². The number of likely N-dealkylation sites (N-methyl/N-ethyl adjacent to an activating group) is 1. The third kappa shape index (κ3) is 4.29. The van der Waals surface area contributed by atoms with Gasteiger partial charge in [0.1, 0.15) is 0 Å². The highest BCUT2D eigenvalue weighted by Gasteiger charge is 2.13. The first-order valence-electron chi connectivity index (χ1n) is 8.54. The van der Waals surface area contributed by atoms with E-state index >= 15 is 0 Å². The van der Waals surface area contributed by atoms with E-state index in [1.54, 1.807) is 13.1 Å². The van der Waals surface area contributed by atoms with E-state index < -0.39 is 0 Å². The lowest BCUT2D eigenvalue weighted by Gasteiger charge is -2.15. The van der Waals surface area contributed by atoms with Gasteiger partial charge in [0.05, 0.1) is 16.8 Å². The van der Waals surface area contributed by atoms with Crippen LogP contribution in [-0.4, -0.2) is 36.3 Å². The molecule has 0 atom stereocenters. The van der Waals surface area contributed by atoms with Gasteiger partial charge in [0.2, 0.25) is 0 Å². The number of pyridine rings is 1. The second-order valence-corrected chi connectivity index (χ2v) is 7.56. The van der Waals surface area contributed by atoms with Crippen LogP contribution in [0.1, 0.15) is 22.8 Å². The molecule has 2 aromatic carbocycles. The molecule has 0 aliphatic carbocycles. The summed E-state index contributed by atoms with van der Waals surface area (Å²) in [5.41, 5.74) is 4.47. The molecule has 0 radical (unpaired) electrons. The van der Waals surface area contributed by atoms with Gasteiger partial charge < -0.3 is 10.2 Å². The van der Waals surface area contributed by atoms with Gasteiger partial charge in [-0.1, -0.05) is 28.1 Å². The Morgan fingerprint density at radius 3 is 2.73 bits per heavy atom. The minimum Gasteiger partial charge on any atom is -0.354 e. The van der Waals surface area contributed by atoms with Crippen molar-refractivity contribution in [3.63, 3.8) is 0 Å². The minimum atomic E-state index is -0.00867. The van der Waals surface area contributed by atoms with Crippen molar-refractivity contribution in [2.45, 2.75) is 13.3 Å². The van der Waals surface area contributed by atoms with Gasteiger partial charge in [0, 0.05) is 28.3 Å². The van der Waals surface area contributed by atoms with Crippen molar-refractivity contribution in [3.05, 3.63) is 64.3 Å². The molecule has 1 heterocycles. The zero-order valence-corrected chi connectivity index (χ0v) is 16.8. The van der Waals surface area contributed by atoms with E-state index in [9.17, 15) is 4.79 Å². The lowest BCUT2D eigenvalue weighted by molar-refractivity contribution is 0.101. The molecule has 134 valence electrons. The number of carbonyl (C=O) groups is 1. The molecule has 0 unspecified atom stereocenters. The lowest BCUT2D eigenvalue weighted by atomic mass is 10.1. The Hall–Kier alpha value is -2.24. The summed E-state index contributed by atoms with van der Waals surface area (Å²) in [4.78, 5) is 18.7. The van der Waals surface area contributed by atoms with E-state index in [1.807, 2.05) is 30.3 Å². The summed E-state index contributed by atoms with van der Waals surface area (Å²) in [5.74, 6) is -0.00867. The molecule has 0 aliphatic rings. The summed E-state index contributed by atoms with van der Waals surface area (Å²) in [5, 5.41) is 4.38. The van der Waals surface area contributed by atoms with Gasteiger partial charge in [-0.15, -0.1) is 0 Å². The molecule has 0 spiro atoms. The standard InChI is InChI=1S/C21H22BrN3O/c1-14(26)19-13-23-20-8-7-16(22)12-18(20)21(19)24-17-6-4-5-15(11-17)9-10-25(2)3/h4-8,11-13H,9-10H2,1-3H3,(H,23,24). The molecule has 26 heavy (non-hydrogen) atoms. The van der Waals surface area contributed by atoms with Crippen molar-refractivity contribution in [1.29, 1.82) is 0 Å². The summed E-state index contributed by atoms with van der Waals surface area (Å²) < 4.78 is 0.954. The van der Waals surface area contributed by atoms with Gasteiger partial charge in [-0.3, -0.25) is 9.78 Å². The van der Waals surface area contributed by atoms with E-state index in [0.717, 1.165) is 39.7 Å². The van der Waals surface area contributed by atoms with Crippen LogP contribution in [0.25, 0.3) is 10.9 Å². The number of nitrogens with one attached hydrogen (secondary N) is 1. The Kier molecular flexibility index (Phi) is 5.69. The van der Waals surface area contributed by atoms with Crippen LogP contribution in [-0.2, 0) is 6.42 Å². The average molecular weight is 412 g/mol. The summed E-state index contributed by atoms with van der Waals surface area (Å²) in [6.45, 7) is 2.56. The SMILES string of the molecule is CC(=O)c1cnc2ccc(Br)cc2c1Nc1cccc(CCN(C)C)c1. The third-order valence-electron chi connectivity index (χ3n) is 4.25. The van der Waals surface area contributed by atoms with Gasteiger partial charge in [-0.05, 0) is 63.3 Å². The maximum absolute atomic E-state index is 12.1. The van der Waals surface area contributed by atoms with Gasteiger partial charge in [0.25, 0.3) is 0 Å². The number of aromatic nitrogens is 1. The first-order valence-corrected chi connectivity index (χ1v) is 9.33. The zero-order chi connectivity index (χ0) is 18.7. The minimum absolute atomic E-state index is 0.00867. The molecule has 0 aliphatic heterocycles. The van der Waals surface area contributed by atoms with E-state index in [-0.39, 0.29) is 5.78 Å². The van der Waals surface area contributed by atoms with Gasteiger partial charge in [-0.2, -0.15) is 0 Å². The van der Waals surface area contributed by atoms with Gasteiger partial charge in [0.15, 0.2) is 5.78 Å². The van der Waals surface area contributed by atoms with Crippen LogP contribution < -0.4 is 5.32 Å². The number of anilines is 2. The van der Waals surface area contributed by atoms with Crippen molar-refractivity contribution in [2.75, 3.05) is 26.0 Å². The molecule has 3 aromatic rings. The normalized spacial score (nSPS) is 11.1. The topological polar surface area (TPSA) is 45.2 Å². The Balaban J connectivity index is 2.02. The van der Waals surface area contributed by atoms with Crippen LogP contribution in [0.2, 0.25) is 0 Å². The summed E-state index contributed by atoms with van der Waals surface area (Å²) in [6.07, 6.45) is 2.63. The second-order valence-electron chi connectivity index (χ2n) is 6.64. The number of rotatable bonds is 6. The van der Waals surface area contributed by atoms with Crippen molar-refractivity contribution >= 4 is 44.0 Å². The number of Topliss-reactive ketones (excluding diaryl/α,β-unsaturated/α-hetero) is 1. The number of hydrogen-bond acceptors (Lipinski definition) is 4. The molecular weight excluding hydrogens is 390 g/mol. The molecule has 0 bridgehead atoms. The fourth-order valence-corrected chi connectivity index (χ4v) is 3.23. The van der Waals surface area contributed by atoms with Crippen molar-refractivity contribution in [2.24, 2.45) is 0 Å². The first-order chi connectivity index (χ1) is 12.4. The van der Waals surface area contributed by atoms with E-state index in [0.29, 0.717) is 5.56 Å². The third-order valence-corrected chi connectivity index (χ3v) is 4.75. The maximum Gasteiger partial charge on any atom is 0.163 e. The van der Waals surface area contributed by atoms with E-state index in [2.05, 4.69) is 57.4 Å². The molecule has 0 fully saturated rings. The number of ketones is 1. The van der Waals surface area contributed by atoms with Gasteiger partial charge in [-0.25, -0.2) is 0 Å². The van der Waals surface area contributed by atoms with Crippen molar-refractivity contribution in [1.82, 2.24) is 9.88 Å². The largest absolute Gasteiger partial charge is 0.354 e. The number of nitrogens with zero attached hydrogens (tertiary/aromatic N) is 2. The van der Waals surface area contributed by atoms with Crippen LogP contribution in [0.4, 0.5) is 11.4 Å². The van der Waals surface area contributed by atoms with Crippen LogP contribution in [0.5, 0.6) is 0 Å². The monoisotopic (exact) mass is 411 g/mol. The molecule has 1 N–H and O–H groups in total. The predicted octanol–water partition coefficient (Wildman–Crippen LogP) is 5.05. The molecule has 3 rings (SSSR count). The summed E-state index contributed by atoms with van der Waals surface area (Å²) >= 11 is 3.51. The lowest BCUT2D eigenvalue weighted by Crippen LogP contribution is -2.15. The number of carbonyl (C=O) groups excluding carboxylic acids is 1. The molecule has 0 saturated carbocycles. The van der Waals surface area contributed by atoms with E-state index in [4.69, 9.17) is 0 Å². The quantitative estimate of drug-likeness (QED) is 0.576. The highest BCUT2D eigenvalue weighted by Crippen LogP contribution is 2.31. The van der Waals surface area contributed by atoms with Gasteiger partial charge >= 0.3 is 0 Å². The van der Waals surface area contributed by atoms with Crippen LogP contribution in [0, 0.1) is 0 Å². The van der Waals surface area contributed by atoms with Crippen molar-refractivity contribution < 1.29 is 4.79 Å². The highest BCUT2D eigenvalue weighted by atomic mass is 79.9. The molecule has 0 amide bonds.